The summed E-state index contributed by atoms with van der Waals surface area (Å²) in [7, 11) is 0. The predicted octanol–water partition coefficient (Wildman–Crippen LogP) is 3.73. The molecule has 0 saturated heterocycles. The largest absolute Gasteiger partial charge is 0.489 e. The highest BCUT2D eigenvalue weighted by Gasteiger charge is 2.12. The first-order valence-corrected chi connectivity index (χ1v) is 9.93. The lowest BCUT2D eigenvalue weighted by atomic mass is 10.1. The molecule has 32 heavy (non-hydrogen) atoms. The zero-order chi connectivity index (χ0) is 22.8. The molecule has 0 heterocycles. The summed E-state index contributed by atoms with van der Waals surface area (Å²) < 4.78 is 5.84. The number of rotatable bonds is 7. The van der Waals surface area contributed by atoms with Crippen LogP contribution in [-0.4, -0.2) is 18.0 Å². The van der Waals surface area contributed by atoms with E-state index in [4.69, 9.17) is 10.00 Å². The molecule has 7 heteroatoms. The second-order valence-electron chi connectivity index (χ2n) is 6.97. The van der Waals surface area contributed by atoms with Gasteiger partial charge in [-0.1, -0.05) is 48.5 Å². The molecule has 0 spiro atoms. The molecule has 0 unspecified atom stereocenters. The van der Waals surface area contributed by atoms with Gasteiger partial charge in [0, 0.05) is 5.69 Å². The van der Waals surface area contributed by atoms with Gasteiger partial charge in [0.2, 0.25) is 0 Å². The van der Waals surface area contributed by atoms with Crippen LogP contribution in [0.4, 0.5) is 5.69 Å². The number of carbonyl (C=O) groups excluding carboxylic acids is 2. The van der Waals surface area contributed by atoms with E-state index in [-0.39, 0.29) is 6.42 Å². The molecule has 0 saturated carbocycles. The van der Waals surface area contributed by atoms with Gasteiger partial charge >= 0.3 is 11.8 Å². The number of nitrogens with one attached hydrogen (secondary N) is 2. The van der Waals surface area contributed by atoms with Crippen LogP contribution in [0, 0.1) is 18.3 Å². The van der Waals surface area contributed by atoms with Crippen LogP contribution in [0.25, 0.3) is 0 Å². The number of amides is 2. The Morgan fingerprint density at radius 1 is 1.03 bits per heavy atom. The molecule has 2 N–H and O–H groups in total. The first-order chi connectivity index (χ1) is 15.5. The van der Waals surface area contributed by atoms with E-state index >= 15 is 0 Å². The lowest BCUT2D eigenvalue weighted by Gasteiger charge is -2.09. The summed E-state index contributed by atoms with van der Waals surface area (Å²) in [5.41, 5.74) is 6.45. The van der Waals surface area contributed by atoms with Gasteiger partial charge in [-0.2, -0.15) is 10.4 Å². The number of hydrogen-bond donors (Lipinski definition) is 2. The fourth-order valence-electron chi connectivity index (χ4n) is 2.82. The number of nitrogens with zero attached hydrogens (tertiary/aromatic N) is 2. The molecule has 0 aliphatic carbocycles. The van der Waals surface area contributed by atoms with E-state index in [1.165, 1.54) is 6.21 Å². The third-order valence-electron chi connectivity index (χ3n) is 4.59. The monoisotopic (exact) mass is 426 g/mol. The highest BCUT2D eigenvalue weighted by molar-refractivity contribution is 6.39. The maximum absolute atomic E-state index is 12.0. The molecule has 0 aromatic heterocycles. The van der Waals surface area contributed by atoms with Crippen molar-refractivity contribution in [2.24, 2.45) is 5.10 Å². The van der Waals surface area contributed by atoms with E-state index in [9.17, 15) is 9.59 Å². The normalized spacial score (nSPS) is 10.4. The van der Waals surface area contributed by atoms with E-state index in [0.717, 1.165) is 16.7 Å². The van der Waals surface area contributed by atoms with Crippen LogP contribution in [0.3, 0.4) is 0 Å². The third kappa shape index (κ3) is 6.54. The number of anilines is 1. The minimum atomic E-state index is -0.894. The summed E-state index contributed by atoms with van der Waals surface area (Å²) in [6.45, 7) is 2.48. The molecule has 0 fully saturated rings. The fourth-order valence-corrected chi connectivity index (χ4v) is 2.82. The summed E-state index contributed by atoms with van der Waals surface area (Å²) in [5, 5.41) is 15.0. The van der Waals surface area contributed by atoms with Crippen molar-refractivity contribution in [1.29, 1.82) is 5.26 Å². The SMILES string of the molecule is Cc1ccccc1COc1cccc(/C=N/NC(=O)C(=O)Nc2ccc(CC#N)cc2)c1. The Bertz CT molecular complexity index is 1160. The molecular weight excluding hydrogens is 404 g/mol. The Hall–Kier alpha value is -4.44. The van der Waals surface area contributed by atoms with Crippen molar-refractivity contribution in [3.8, 4) is 11.8 Å². The molecule has 3 aromatic carbocycles. The summed E-state index contributed by atoms with van der Waals surface area (Å²) in [4.78, 5) is 24.0. The van der Waals surface area contributed by atoms with Crippen LogP contribution in [0.5, 0.6) is 5.75 Å². The highest BCUT2D eigenvalue weighted by Crippen LogP contribution is 2.16. The van der Waals surface area contributed by atoms with Crippen molar-refractivity contribution < 1.29 is 14.3 Å². The smallest absolute Gasteiger partial charge is 0.329 e. The zero-order valence-corrected chi connectivity index (χ0v) is 17.5. The van der Waals surface area contributed by atoms with Crippen molar-refractivity contribution in [1.82, 2.24) is 5.43 Å². The quantitative estimate of drug-likeness (QED) is 0.341. The minimum Gasteiger partial charge on any atom is -0.489 e. The van der Waals surface area contributed by atoms with Gasteiger partial charge < -0.3 is 10.1 Å². The number of carbonyl (C=O) groups is 2. The van der Waals surface area contributed by atoms with Crippen molar-refractivity contribution in [2.75, 3.05) is 5.32 Å². The van der Waals surface area contributed by atoms with Crippen LogP contribution in [0.2, 0.25) is 0 Å². The van der Waals surface area contributed by atoms with Gasteiger partial charge in [0.15, 0.2) is 0 Å². The highest BCUT2D eigenvalue weighted by atomic mass is 16.5. The molecule has 7 nitrogen and oxygen atoms in total. The molecule has 0 aliphatic heterocycles. The molecule has 0 radical (unpaired) electrons. The lowest BCUT2D eigenvalue weighted by molar-refractivity contribution is -0.136. The van der Waals surface area contributed by atoms with Gasteiger partial charge in [0.25, 0.3) is 0 Å². The number of nitriles is 1. The third-order valence-corrected chi connectivity index (χ3v) is 4.59. The van der Waals surface area contributed by atoms with E-state index in [2.05, 4.69) is 15.8 Å². The van der Waals surface area contributed by atoms with Gasteiger partial charge in [0.05, 0.1) is 18.7 Å². The predicted molar refractivity (Wildman–Crippen MR) is 122 cm³/mol. The van der Waals surface area contributed by atoms with E-state index < -0.39 is 11.8 Å². The Kier molecular flexibility index (Phi) is 7.71. The Morgan fingerprint density at radius 3 is 2.56 bits per heavy atom. The molecule has 3 rings (SSSR count). The Morgan fingerprint density at radius 2 is 1.81 bits per heavy atom. The topological polar surface area (TPSA) is 104 Å². The maximum Gasteiger partial charge on any atom is 0.329 e. The molecule has 0 aliphatic rings. The number of ether oxygens (including phenoxy) is 1. The fraction of sp³-hybridized carbons (Fsp3) is 0.120. The van der Waals surface area contributed by atoms with E-state index in [1.807, 2.05) is 49.4 Å². The molecule has 2 amide bonds. The van der Waals surface area contributed by atoms with Gasteiger partial charge in [0.1, 0.15) is 12.4 Å². The van der Waals surface area contributed by atoms with Crippen LogP contribution in [0.1, 0.15) is 22.3 Å². The summed E-state index contributed by atoms with van der Waals surface area (Å²) >= 11 is 0. The summed E-state index contributed by atoms with van der Waals surface area (Å²) in [5.74, 6) is -1.07. The second kappa shape index (κ2) is 11.1. The van der Waals surface area contributed by atoms with Crippen molar-refractivity contribution >= 4 is 23.7 Å². The molecule has 3 aromatic rings. The number of hydrogen-bond acceptors (Lipinski definition) is 5. The summed E-state index contributed by atoms with van der Waals surface area (Å²) in [6, 6.07) is 24.0. The van der Waals surface area contributed by atoms with Crippen LogP contribution in [-0.2, 0) is 22.6 Å². The number of benzene rings is 3. The standard InChI is InChI=1S/C25H22N4O3/c1-18-5-2-3-7-21(18)17-32-23-8-4-6-20(15-23)16-27-29-25(31)24(30)28-22-11-9-19(10-12-22)13-14-26/h2-12,15-16H,13,17H2,1H3,(H,28,30)(H,29,31)/b27-16+. The van der Waals surface area contributed by atoms with Gasteiger partial charge in [-0.3, -0.25) is 9.59 Å². The number of hydrazone groups is 1. The van der Waals surface area contributed by atoms with Crippen molar-refractivity contribution in [3.05, 3.63) is 95.1 Å². The molecule has 0 atom stereocenters. The zero-order valence-electron chi connectivity index (χ0n) is 17.5. The minimum absolute atomic E-state index is 0.279. The van der Waals surface area contributed by atoms with E-state index in [0.29, 0.717) is 23.6 Å². The molecule has 0 bridgehead atoms. The maximum atomic E-state index is 12.0. The van der Waals surface area contributed by atoms with Crippen LogP contribution >= 0.6 is 0 Å². The first kappa shape index (κ1) is 22.2. The molecular formula is C25H22N4O3. The Labute approximate surface area is 186 Å². The second-order valence-corrected chi connectivity index (χ2v) is 6.97. The average molecular weight is 426 g/mol. The lowest BCUT2D eigenvalue weighted by Crippen LogP contribution is -2.32. The van der Waals surface area contributed by atoms with Crippen LogP contribution in [0.15, 0.2) is 77.9 Å². The average Bonchev–Trinajstić information content (AvgIpc) is 2.80. The Balaban J connectivity index is 1.51. The van der Waals surface area contributed by atoms with Crippen LogP contribution < -0.4 is 15.5 Å². The van der Waals surface area contributed by atoms with Gasteiger partial charge in [-0.15, -0.1) is 0 Å². The molecule has 160 valence electrons. The van der Waals surface area contributed by atoms with Gasteiger partial charge in [-0.05, 0) is 53.4 Å². The van der Waals surface area contributed by atoms with Crippen molar-refractivity contribution in [2.45, 2.75) is 20.0 Å². The number of aryl methyl sites for hydroxylation is 1. The van der Waals surface area contributed by atoms with Gasteiger partial charge in [-0.25, -0.2) is 5.43 Å². The van der Waals surface area contributed by atoms with Crippen molar-refractivity contribution in [3.63, 3.8) is 0 Å². The van der Waals surface area contributed by atoms with E-state index in [1.54, 1.807) is 36.4 Å². The first-order valence-electron chi connectivity index (χ1n) is 9.93. The summed E-state index contributed by atoms with van der Waals surface area (Å²) in [6.07, 6.45) is 1.71.